The molecule has 6 heteroatoms. The van der Waals surface area contributed by atoms with Crippen LogP contribution in [0.5, 0.6) is 0 Å². The van der Waals surface area contributed by atoms with Gasteiger partial charge in [-0.2, -0.15) is 0 Å². The van der Waals surface area contributed by atoms with Gasteiger partial charge in [0.15, 0.2) is 11.5 Å². The summed E-state index contributed by atoms with van der Waals surface area (Å²) in [6, 6.07) is 11.1. The number of hydrogen-bond donors (Lipinski definition) is 1. The molecule has 1 aromatic rings. The molecular formula is C33H45NO5. The van der Waals surface area contributed by atoms with E-state index in [-0.39, 0.29) is 36.0 Å². The van der Waals surface area contributed by atoms with Crippen LogP contribution in [0.1, 0.15) is 71.8 Å². The molecular weight excluding hydrogens is 490 g/mol. The van der Waals surface area contributed by atoms with Gasteiger partial charge in [0.25, 0.3) is 0 Å². The van der Waals surface area contributed by atoms with Crippen LogP contribution in [0.15, 0.2) is 65.0 Å². The van der Waals surface area contributed by atoms with Crippen molar-refractivity contribution in [2.75, 3.05) is 13.7 Å². The van der Waals surface area contributed by atoms with Crippen LogP contribution in [0.2, 0.25) is 0 Å². The largest absolute Gasteiger partial charge is 0.492 e. The number of carbonyl (C=O) groups is 1. The lowest BCUT2D eigenvalue weighted by Crippen LogP contribution is -2.57. The summed E-state index contributed by atoms with van der Waals surface area (Å²) in [5.41, 5.74) is 1.83. The molecule has 0 aromatic heterocycles. The first-order valence-corrected chi connectivity index (χ1v) is 14.9. The molecule has 6 nitrogen and oxygen atoms in total. The molecule has 212 valence electrons. The van der Waals surface area contributed by atoms with Crippen LogP contribution in [0.4, 0.5) is 0 Å². The zero-order chi connectivity index (χ0) is 27.7. The monoisotopic (exact) mass is 535 g/mol. The first-order valence-electron chi connectivity index (χ1n) is 14.9. The Morgan fingerprint density at radius 1 is 1.13 bits per heavy atom. The third-order valence-corrected chi connectivity index (χ3v) is 9.23. The number of ether oxygens (including phenoxy) is 3. The highest BCUT2D eigenvalue weighted by Gasteiger charge is 2.51. The number of piperidine rings is 1. The van der Waals surface area contributed by atoms with Crippen molar-refractivity contribution < 1.29 is 24.1 Å². The predicted octanol–water partition coefficient (Wildman–Crippen LogP) is 6.12. The zero-order valence-electron chi connectivity index (χ0n) is 24.2. The van der Waals surface area contributed by atoms with Gasteiger partial charge in [0, 0.05) is 30.5 Å². The molecule has 1 aromatic carbocycles. The zero-order valence-corrected chi connectivity index (χ0v) is 24.2. The van der Waals surface area contributed by atoms with E-state index in [1.165, 1.54) is 5.56 Å². The Bertz CT molecular complexity index is 1140. The van der Waals surface area contributed by atoms with Crippen molar-refractivity contribution in [3.05, 3.63) is 70.6 Å². The molecule has 4 aliphatic rings. The summed E-state index contributed by atoms with van der Waals surface area (Å²) in [7, 11) is 1.57. The minimum Gasteiger partial charge on any atom is -0.492 e. The average Bonchev–Trinajstić information content (AvgIpc) is 3.31. The van der Waals surface area contributed by atoms with Gasteiger partial charge in [-0.05, 0) is 62.5 Å². The average molecular weight is 536 g/mol. The van der Waals surface area contributed by atoms with E-state index in [0.29, 0.717) is 34.7 Å². The number of nitrogens with zero attached hydrogens (tertiary/aromatic N) is 1. The number of esters is 1. The van der Waals surface area contributed by atoms with Gasteiger partial charge in [0.1, 0.15) is 5.76 Å². The van der Waals surface area contributed by atoms with E-state index >= 15 is 0 Å². The molecule has 0 spiro atoms. The molecule has 0 aliphatic carbocycles. The predicted molar refractivity (Wildman–Crippen MR) is 151 cm³/mol. The number of aliphatic hydroxyl groups excluding tert-OH is 1. The smallest absolute Gasteiger partial charge is 0.343 e. The summed E-state index contributed by atoms with van der Waals surface area (Å²) >= 11 is 0. The second-order valence-corrected chi connectivity index (χ2v) is 12.3. The Hall–Kier alpha value is -2.57. The molecule has 2 saturated heterocycles. The SMILES string of the molecule is COC1=C(C)C(=O)OC1=C1OC2=CCCN3[C@H](C[C@H](Cc4ccccc4)C[C@H]3[C@@H](O)CCCC(C)C)[C@@H]2[C@H]1C. The van der Waals surface area contributed by atoms with Gasteiger partial charge in [0.05, 0.1) is 18.8 Å². The summed E-state index contributed by atoms with van der Waals surface area (Å²) in [6.45, 7) is 9.34. The van der Waals surface area contributed by atoms with Gasteiger partial charge in [-0.3, -0.25) is 4.90 Å². The highest BCUT2D eigenvalue weighted by Crippen LogP contribution is 2.50. The minimum atomic E-state index is -0.377. The van der Waals surface area contributed by atoms with Gasteiger partial charge in [-0.1, -0.05) is 63.9 Å². The molecule has 0 amide bonds. The molecule has 2 fully saturated rings. The van der Waals surface area contributed by atoms with Gasteiger partial charge >= 0.3 is 5.97 Å². The van der Waals surface area contributed by atoms with Crippen molar-refractivity contribution in [3.63, 3.8) is 0 Å². The van der Waals surface area contributed by atoms with Crippen LogP contribution in [-0.4, -0.2) is 47.8 Å². The maximum absolute atomic E-state index is 12.4. The molecule has 6 atom stereocenters. The molecule has 39 heavy (non-hydrogen) atoms. The van der Waals surface area contributed by atoms with Gasteiger partial charge in [0.2, 0.25) is 5.76 Å². The van der Waals surface area contributed by atoms with Crippen molar-refractivity contribution >= 4 is 5.97 Å². The summed E-state index contributed by atoms with van der Waals surface area (Å²) < 4.78 is 17.8. The Kier molecular flexibility index (Phi) is 8.53. The second kappa shape index (κ2) is 11.9. The van der Waals surface area contributed by atoms with Crippen LogP contribution >= 0.6 is 0 Å². The number of aliphatic hydroxyl groups is 1. The minimum absolute atomic E-state index is 0.0231. The standard InChI is InChI=1S/C33H45NO5/c1-20(2)11-9-14-27(35)25-18-24(17-23-12-7-6-8-13-23)19-26-29-21(3)31(38-28(29)15-10-16-34(25)26)32-30(37-5)22(4)33(36)39-32/h6-8,12-13,15,20-21,24-27,29,35H,9-11,14,16-19H2,1-5H3/t21-,24-,25+,26-,27+,29+/m1/s1. The van der Waals surface area contributed by atoms with E-state index in [4.69, 9.17) is 14.2 Å². The van der Waals surface area contributed by atoms with Crippen LogP contribution in [0, 0.1) is 23.7 Å². The van der Waals surface area contributed by atoms with Crippen LogP contribution in [0.25, 0.3) is 0 Å². The number of benzene rings is 1. The second-order valence-electron chi connectivity index (χ2n) is 12.3. The lowest BCUT2D eigenvalue weighted by Gasteiger charge is -2.49. The summed E-state index contributed by atoms with van der Waals surface area (Å²) in [5, 5.41) is 11.6. The Labute approximate surface area is 233 Å². The van der Waals surface area contributed by atoms with E-state index in [0.717, 1.165) is 57.2 Å². The highest BCUT2D eigenvalue weighted by molar-refractivity contribution is 5.93. The number of carbonyl (C=O) groups excluding carboxylic acids is 1. The maximum Gasteiger partial charge on any atom is 0.343 e. The Morgan fingerprint density at radius 3 is 2.62 bits per heavy atom. The molecule has 0 unspecified atom stereocenters. The van der Waals surface area contributed by atoms with Crippen molar-refractivity contribution in [2.24, 2.45) is 23.7 Å². The third-order valence-electron chi connectivity index (χ3n) is 9.23. The fraction of sp³-hybridized carbons (Fsp3) is 0.606. The normalized spacial score (nSPS) is 31.8. The van der Waals surface area contributed by atoms with Gasteiger partial charge < -0.3 is 19.3 Å². The Balaban J connectivity index is 1.46. The van der Waals surface area contributed by atoms with E-state index in [9.17, 15) is 9.90 Å². The molecule has 4 aliphatic heterocycles. The van der Waals surface area contributed by atoms with Crippen LogP contribution in [0.3, 0.4) is 0 Å². The summed E-state index contributed by atoms with van der Waals surface area (Å²) in [6.07, 6.45) is 8.87. The van der Waals surface area contributed by atoms with Crippen molar-refractivity contribution in [1.29, 1.82) is 0 Å². The number of fused-ring (bicyclic) bond motifs is 3. The first-order chi connectivity index (χ1) is 18.8. The fourth-order valence-corrected chi connectivity index (χ4v) is 7.29. The molecule has 0 bridgehead atoms. The summed E-state index contributed by atoms with van der Waals surface area (Å²) in [5.74, 6) is 3.47. The lowest BCUT2D eigenvalue weighted by atomic mass is 9.73. The Morgan fingerprint density at radius 2 is 1.90 bits per heavy atom. The van der Waals surface area contributed by atoms with Crippen LogP contribution < -0.4 is 0 Å². The number of hydrogen-bond acceptors (Lipinski definition) is 6. The van der Waals surface area contributed by atoms with E-state index in [1.807, 2.05) is 0 Å². The van der Waals surface area contributed by atoms with E-state index in [2.05, 4.69) is 62.1 Å². The fourth-order valence-electron chi connectivity index (χ4n) is 7.29. The third kappa shape index (κ3) is 5.69. The summed E-state index contributed by atoms with van der Waals surface area (Å²) in [4.78, 5) is 15.0. The molecule has 1 N–H and O–H groups in total. The molecule has 0 radical (unpaired) electrons. The highest BCUT2D eigenvalue weighted by atomic mass is 16.6. The number of rotatable bonds is 8. The maximum atomic E-state index is 12.4. The number of methoxy groups -OCH3 is 1. The number of allylic oxidation sites excluding steroid dienone is 1. The molecule has 4 heterocycles. The van der Waals surface area contributed by atoms with Crippen molar-refractivity contribution in [3.8, 4) is 0 Å². The van der Waals surface area contributed by atoms with Gasteiger partial charge in [-0.25, -0.2) is 4.79 Å². The van der Waals surface area contributed by atoms with Crippen molar-refractivity contribution in [2.45, 2.75) is 90.8 Å². The van der Waals surface area contributed by atoms with Crippen molar-refractivity contribution in [1.82, 2.24) is 4.90 Å². The quantitative estimate of drug-likeness (QED) is 0.404. The van der Waals surface area contributed by atoms with Crippen LogP contribution in [-0.2, 0) is 25.4 Å². The molecule has 0 saturated carbocycles. The molecule has 5 rings (SSSR count). The first kappa shape index (κ1) is 28.0. The lowest BCUT2D eigenvalue weighted by molar-refractivity contribution is -0.133. The van der Waals surface area contributed by atoms with Gasteiger partial charge in [-0.15, -0.1) is 0 Å². The topological polar surface area (TPSA) is 68.2 Å². The van der Waals surface area contributed by atoms with E-state index < -0.39 is 0 Å². The number of cyclic esters (lactones) is 1. The van der Waals surface area contributed by atoms with E-state index in [1.54, 1.807) is 14.0 Å².